The van der Waals surface area contributed by atoms with E-state index in [0.717, 1.165) is 5.56 Å². The van der Waals surface area contributed by atoms with Gasteiger partial charge in [-0.3, -0.25) is 4.79 Å². The van der Waals surface area contributed by atoms with Crippen LogP contribution in [-0.4, -0.2) is 11.1 Å². The number of hydrogen-bond acceptors (Lipinski definition) is 1. The van der Waals surface area contributed by atoms with Crippen LogP contribution in [0.2, 0.25) is 0 Å². The van der Waals surface area contributed by atoms with Crippen LogP contribution >= 0.6 is 0 Å². The van der Waals surface area contributed by atoms with E-state index >= 15 is 0 Å². The molecule has 1 aromatic carbocycles. The third-order valence-electron chi connectivity index (χ3n) is 2.60. The van der Waals surface area contributed by atoms with E-state index in [1.54, 1.807) is 26.8 Å². The summed E-state index contributed by atoms with van der Waals surface area (Å²) in [4.78, 5) is 10.7. The molecule has 1 rings (SSSR count). The molecule has 2 nitrogen and oxygen atoms in total. The zero-order valence-electron chi connectivity index (χ0n) is 9.17. The molecule has 0 heterocycles. The molecule has 0 aliphatic heterocycles. The molecule has 0 aliphatic carbocycles. The summed E-state index contributed by atoms with van der Waals surface area (Å²) in [5, 5.41) is 8.77. The maximum absolute atomic E-state index is 13.7. The van der Waals surface area contributed by atoms with Crippen LogP contribution in [0.25, 0.3) is 0 Å². The van der Waals surface area contributed by atoms with Crippen LogP contribution in [-0.2, 0) is 11.2 Å². The van der Waals surface area contributed by atoms with Crippen molar-refractivity contribution < 1.29 is 14.3 Å². The highest BCUT2D eigenvalue weighted by atomic mass is 19.1. The minimum absolute atomic E-state index is 0.245. The monoisotopic (exact) mass is 210 g/mol. The quantitative estimate of drug-likeness (QED) is 0.832. The van der Waals surface area contributed by atoms with Crippen LogP contribution < -0.4 is 0 Å². The lowest BCUT2D eigenvalue weighted by atomic mass is 9.95. The van der Waals surface area contributed by atoms with Gasteiger partial charge in [-0.1, -0.05) is 19.1 Å². The lowest BCUT2D eigenvalue weighted by molar-refractivity contribution is -0.141. The van der Waals surface area contributed by atoms with Gasteiger partial charge in [-0.2, -0.15) is 0 Å². The Bertz CT molecular complexity index is 385. The maximum atomic E-state index is 13.7. The van der Waals surface area contributed by atoms with Crippen molar-refractivity contribution in [1.82, 2.24) is 0 Å². The second-order valence-corrected chi connectivity index (χ2v) is 3.94. The van der Waals surface area contributed by atoms with Gasteiger partial charge in [0.2, 0.25) is 0 Å². The topological polar surface area (TPSA) is 37.3 Å². The lowest BCUT2D eigenvalue weighted by Gasteiger charge is -2.11. The number of rotatable bonds is 3. The van der Waals surface area contributed by atoms with Crippen molar-refractivity contribution in [2.45, 2.75) is 27.2 Å². The van der Waals surface area contributed by atoms with Gasteiger partial charge in [0.05, 0.1) is 5.92 Å². The third-order valence-corrected chi connectivity index (χ3v) is 2.60. The normalized spacial score (nSPS) is 12.5. The average Bonchev–Trinajstić information content (AvgIpc) is 2.18. The van der Waals surface area contributed by atoms with Crippen LogP contribution in [0.3, 0.4) is 0 Å². The zero-order valence-corrected chi connectivity index (χ0v) is 9.17. The molecule has 0 aliphatic rings. The standard InChI is InChI=1S/C12H15FO2/c1-7-4-5-8(2)11(13)10(7)6-9(3)12(14)15/h4-5,9H,6H2,1-3H3,(H,14,15). The van der Waals surface area contributed by atoms with Gasteiger partial charge in [-0.15, -0.1) is 0 Å². The Hall–Kier alpha value is -1.38. The number of benzene rings is 1. The van der Waals surface area contributed by atoms with Crippen LogP contribution in [0.4, 0.5) is 4.39 Å². The van der Waals surface area contributed by atoms with E-state index in [4.69, 9.17) is 5.11 Å². The molecule has 0 aromatic heterocycles. The van der Waals surface area contributed by atoms with Crippen molar-refractivity contribution in [2.24, 2.45) is 5.92 Å². The molecule has 15 heavy (non-hydrogen) atoms. The Morgan fingerprint density at radius 2 is 1.93 bits per heavy atom. The minimum Gasteiger partial charge on any atom is -0.481 e. The zero-order chi connectivity index (χ0) is 11.6. The molecule has 0 amide bonds. The molecule has 1 N–H and O–H groups in total. The first kappa shape index (κ1) is 11.7. The summed E-state index contributed by atoms with van der Waals surface area (Å²) in [5.41, 5.74) is 1.89. The van der Waals surface area contributed by atoms with E-state index in [1.807, 2.05) is 6.07 Å². The van der Waals surface area contributed by atoms with Gasteiger partial charge in [0.1, 0.15) is 5.82 Å². The molecule has 0 saturated carbocycles. The van der Waals surface area contributed by atoms with E-state index in [9.17, 15) is 9.18 Å². The third kappa shape index (κ3) is 2.55. The van der Waals surface area contributed by atoms with Gasteiger partial charge in [-0.25, -0.2) is 4.39 Å². The fraction of sp³-hybridized carbons (Fsp3) is 0.417. The predicted molar refractivity (Wildman–Crippen MR) is 56.4 cm³/mol. The fourth-order valence-corrected chi connectivity index (χ4v) is 1.48. The highest BCUT2D eigenvalue weighted by molar-refractivity contribution is 5.70. The molecule has 82 valence electrons. The molecule has 0 fully saturated rings. The van der Waals surface area contributed by atoms with Crippen molar-refractivity contribution >= 4 is 5.97 Å². The smallest absolute Gasteiger partial charge is 0.306 e. The van der Waals surface area contributed by atoms with Crippen LogP contribution in [0.15, 0.2) is 12.1 Å². The highest BCUT2D eigenvalue weighted by Crippen LogP contribution is 2.20. The van der Waals surface area contributed by atoms with Gasteiger partial charge in [0.25, 0.3) is 0 Å². The first-order valence-electron chi connectivity index (χ1n) is 4.91. The van der Waals surface area contributed by atoms with Gasteiger partial charge in [-0.05, 0) is 37.0 Å². The van der Waals surface area contributed by atoms with E-state index in [2.05, 4.69) is 0 Å². The van der Waals surface area contributed by atoms with Gasteiger partial charge in [0.15, 0.2) is 0 Å². The molecular formula is C12H15FO2. The van der Waals surface area contributed by atoms with Crippen molar-refractivity contribution in [3.05, 3.63) is 34.6 Å². The second kappa shape index (κ2) is 4.43. The summed E-state index contributed by atoms with van der Waals surface area (Å²) in [6.07, 6.45) is 0.245. The van der Waals surface area contributed by atoms with Gasteiger partial charge in [0, 0.05) is 0 Å². The highest BCUT2D eigenvalue weighted by Gasteiger charge is 2.16. The van der Waals surface area contributed by atoms with Crippen molar-refractivity contribution in [1.29, 1.82) is 0 Å². The predicted octanol–water partition coefficient (Wildman–Crippen LogP) is 2.71. The number of halogens is 1. The van der Waals surface area contributed by atoms with Crippen LogP contribution in [0.1, 0.15) is 23.6 Å². The molecule has 1 atom stereocenters. The van der Waals surface area contributed by atoms with Gasteiger partial charge < -0.3 is 5.11 Å². The van der Waals surface area contributed by atoms with Crippen molar-refractivity contribution in [3.63, 3.8) is 0 Å². The Kier molecular flexibility index (Phi) is 3.45. The molecule has 3 heteroatoms. The number of aliphatic carboxylic acids is 1. The van der Waals surface area contributed by atoms with Crippen molar-refractivity contribution in [3.8, 4) is 0 Å². The SMILES string of the molecule is Cc1ccc(C)c(CC(C)C(=O)O)c1F. The first-order chi connectivity index (χ1) is 6.93. The number of carboxylic acids is 1. The van der Waals surface area contributed by atoms with E-state index in [-0.39, 0.29) is 12.2 Å². The van der Waals surface area contributed by atoms with E-state index in [0.29, 0.717) is 11.1 Å². The minimum atomic E-state index is -0.893. The summed E-state index contributed by atoms with van der Waals surface area (Å²) in [5.74, 6) is -1.72. The Balaban J connectivity index is 3.03. The average molecular weight is 210 g/mol. The van der Waals surface area contributed by atoms with Crippen LogP contribution in [0, 0.1) is 25.6 Å². The van der Waals surface area contributed by atoms with Crippen LogP contribution in [0.5, 0.6) is 0 Å². The summed E-state index contributed by atoms with van der Waals surface area (Å²) in [6, 6.07) is 3.53. The number of carboxylic acid groups (broad SMARTS) is 1. The molecular weight excluding hydrogens is 195 g/mol. The molecule has 0 radical (unpaired) electrons. The number of hydrogen-bond donors (Lipinski definition) is 1. The molecule has 0 spiro atoms. The Morgan fingerprint density at radius 1 is 1.40 bits per heavy atom. The summed E-state index contributed by atoms with van der Waals surface area (Å²) >= 11 is 0. The second-order valence-electron chi connectivity index (χ2n) is 3.94. The van der Waals surface area contributed by atoms with E-state index < -0.39 is 11.9 Å². The summed E-state index contributed by atoms with van der Waals surface area (Å²) in [7, 11) is 0. The first-order valence-corrected chi connectivity index (χ1v) is 4.91. The van der Waals surface area contributed by atoms with E-state index in [1.165, 1.54) is 0 Å². The lowest BCUT2D eigenvalue weighted by Crippen LogP contribution is -2.14. The summed E-state index contributed by atoms with van der Waals surface area (Å²) < 4.78 is 13.7. The molecule has 1 aromatic rings. The molecule has 0 bridgehead atoms. The Morgan fingerprint density at radius 3 is 2.47 bits per heavy atom. The number of carbonyl (C=O) groups is 1. The molecule has 0 saturated heterocycles. The summed E-state index contributed by atoms with van der Waals surface area (Å²) in [6.45, 7) is 5.07. The maximum Gasteiger partial charge on any atom is 0.306 e. The fourth-order valence-electron chi connectivity index (χ4n) is 1.48. The number of aryl methyl sites for hydroxylation is 2. The molecule has 1 unspecified atom stereocenters. The van der Waals surface area contributed by atoms with Gasteiger partial charge >= 0.3 is 5.97 Å². The van der Waals surface area contributed by atoms with Crippen molar-refractivity contribution in [2.75, 3.05) is 0 Å². The Labute approximate surface area is 88.7 Å². The largest absolute Gasteiger partial charge is 0.481 e.